The fourth-order valence-electron chi connectivity index (χ4n) is 2.11. The molecule has 5 nitrogen and oxygen atoms in total. The van der Waals surface area contributed by atoms with Crippen LogP contribution in [0.15, 0.2) is 53.1 Å². The van der Waals surface area contributed by atoms with E-state index in [0.29, 0.717) is 18.3 Å². The number of oxazole rings is 1. The van der Waals surface area contributed by atoms with E-state index in [1.165, 1.54) is 0 Å². The summed E-state index contributed by atoms with van der Waals surface area (Å²) in [5.41, 5.74) is 2.84. The Balaban J connectivity index is 1.73. The quantitative estimate of drug-likeness (QED) is 0.778. The Kier molecular flexibility index (Phi) is 4.05. The van der Waals surface area contributed by atoms with Crippen molar-refractivity contribution < 1.29 is 9.15 Å². The summed E-state index contributed by atoms with van der Waals surface area (Å²) < 4.78 is 10.7. The Morgan fingerprint density at radius 2 is 2.05 bits per heavy atom. The Hall–Kier alpha value is -2.82. The second-order valence-electron chi connectivity index (χ2n) is 4.88. The molecule has 0 aliphatic carbocycles. The molecule has 1 N–H and O–H groups in total. The second-order valence-corrected chi connectivity index (χ2v) is 4.88. The first kappa shape index (κ1) is 14.1. The van der Waals surface area contributed by atoms with Gasteiger partial charge in [0.05, 0.1) is 25.5 Å². The largest absolute Gasteiger partial charge is 0.481 e. The predicted octanol–water partition coefficient (Wildman–Crippen LogP) is 3.67. The first-order valence-corrected chi connectivity index (χ1v) is 7.01. The molecule has 2 heterocycles. The highest BCUT2D eigenvalue weighted by molar-refractivity contribution is 5.61. The van der Waals surface area contributed by atoms with Gasteiger partial charge in [-0.2, -0.15) is 0 Å². The summed E-state index contributed by atoms with van der Waals surface area (Å²) in [6.45, 7) is 2.50. The first-order chi connectivity index (χ1) is 10.7. The normalized spacial score (nSPS) is 10.5. The van der Waals surface area contributed by atoms with E-state index >= 15 is 0 Å². The molecule has 0 aliphatic rings. The lowest BCUT2D eigenvalue weighted by Gasteiger charge is -2.08. The van der Waals surface area contributed by atoms with Crippen LogP contribution in [0.5, 0.6) is 5.88 Å². The van der Waals surface area contributed by atoms with Crippen molar-refractivity contribution in [3.63, 3.8) is 0 Å². The second kappa shape index (κ2) is 6.30. The van der Waals surface area contributed by atoms with Gasteiger partial charge in [0.2, 0.25) is 11.8 Å². The lowest BCUT2D eigenvalue weighted by Crippen LogP contribution is -2.02. The SMILES string of the molecule is COc1cccc(CNc2cccc(-c3ncc(C)o3)c2)n1. The number of nitrogens with zero attached hydrogens (tertiary/aromatic N) is 2. The third-order valence-corrected chi connectivity index (χ3v) is 3.19. The van der Waals surface area contributed by atoms with Crippen LogP contribution in [0.4, 0.5) is 5.69 Å². The fourth-order valence-corrected chi connectivity index (χ4v) is 2.11. The zero-order valence-electron chi connectivity index (χ0n) is 12.5. The summed E-state index contributed by atoms with van der Waals surface area (Å²) in [5, 5.41) is 3.34. The fraction of sp³-hybridized carbons (Fsp3) is 0.176. The summed E-state index contributed by atoms with van der Waals surface area (Å²) >= 11 is 0. The molecule has 0 unspecified atom stereocenters. The molecule has 5 heteroatoms. The van der Waals surface area contributed by atoms with Gasteiger partial charge < -0.3 is 14.5 Å². The molecule has 0 spiro atoms. The van der Waals surface area contributed by atoms with E-state index in [1.54, 1.807) is 13.3 Å². The Labute approximate surface area is 129 Å². The van der Waals surface area contributed by atoms with Crippen molar-refractivity contribution in [2.75, 3.05) is 12.4 Å². The van der Waals surface area contributed by atoms with Crippen LogP contribution in [-0.4, -0.2) is 17.1 Å². The van der Waals surface area contributed by atoms with Crippen LogP contribution in [0, 0.1) is 6.92 Å². The van der Waals surface area contributed by atoms with Crippen molar-refractivity contribution in [2.24, 2.45) is 0 Å². The van der Waals surface area contributed by atoms with E-state index in [-0.39, 0.29) is 0 Å². The van der Waals surface area contributed by atoms with E-state index in [4.69, 9.17) is 9.15 Å². The van der Waals surface area contributed by atoms with Gasteiger partial charge in [0.1, 0.15) is 5.76 Å². The Bertz CT molecular complexity index is 768. The number of aromatic nitrogens is 2. The van der Waals surface area contributed by atoms with Crippen LogP contribution in [-0.2, 0) is 6.54 Å². The van der Waals surface area contributed by atoms with E-state index in [9.17, 15) is 0 Å². The number of benzene rings is 1. The van der Waals surface area contributed by atoms with Gasteiger partial charge in [0.15, 0.2) is 0 Å². The summed E-state index contributed by atoms with van der Waals surface area (Å²) in [5.74, 6) is 2.04. The maximum atomic E-state index is 5.55. The maximum Gasteiger partial charge on any atom is 0.226 e. The summed E-state index contributed by atoms with van der Waals surface area (Å²) in [6, 6.07) is 13.7. The molecule has 0 radical (unpaired) electrons. The van der Waals surface area contributed by atoms with Crippen molar-refractivity contribution in [1.82, 2.24) is 9.97 Å². The minimum Gasteiger partial charge on any atom is -0.481 e. The van der Waals surface area contributed by atoms with Crippen molar-refractivity contribution in [3.05, 3.63) is 60.1 Å². The molecule has 112 valence electrons. The number of pyridine rings is 1. The smallest absolute Gasteiger partial charge is 0.226 e. The van der Waals surface area contributed by atoms with Crippen molar-refractivity contribution >= 4 is 5.69 Å². The predicted molar refractivity (Wildman–Crippen MR) is 84.8 cm³/mol. The highest BCUT2D eigenvalue weighted by atomic mass is 16.5. The summed E-state index contributed by atoms with van der Waals surface area (Å²) in [4.78, 5) is 8.62. The van der Waals surface area contributed by atoms with E-state index in [2.05, 4.69) is 15.3 Å². The molecule has 0 bridgehead atoms. The number of rotatable bonds is 5. The van der Waals surface area contributed by atoms with Gasteiger partial charge in [-0.1, -0.05) is 12.1 Å². The molecule has 3 aromatic rings. The molecule has 0 amide bonds. The van der Waals surface area contributed by atoms with Crippen LogP contribution < -0.4 is 10.1 Å². The number of hydrogen-bond donors (Lipinski definition) is 1. The van der Waals surface area contributed by atoms with Gasteiger partial charge >= 0.3 is 0 Å². The Morgan fingerprint density at radius 3 is 2.82 bits per heavy atom. The molecule has 2 aromatic heterocycles. The summed E-state index contributed by atoms with van der Waals surface area (Å²) in [7, 11) is 1.61. The molecule has 0 atom stereocenters. The molecule has 1 aromatic carbocycles. The number of aryl methyl sites for hydroxylation is 1. The molecular formula is C17H17N3O2. The van der Waals surface area contributed by atoms with Crippen molar-refractivity contribution in [1.29, 1.82) is 0 Å². The van der Waals surface area contributed by atoms with Gasteiger partial charge in [0, 0.05) is 17.3 Å². The van der Waals surface area contributed by atoms with Crippen molar-refractivity contribution in [2.45, 2.75) is 13.5 Å². The topological polar surface area (TPSA) is 60.2 Å². The number of hydrogen-bond acceptors (Lipinski definition) is 5. The number of ether oxygens (including phenoxy) is 1. The van der Waals surface area contributed by atoms with E-state index in [0.717, 1.165) is 22.7 Å². The zero-order valence-corrected chi connectivity index (χ0v) is 12.5. The van der Waals surface area contributed by atoms with Crippen LogP contribution in [0.1, 0.15) is 11.5 Å². The van der Waals surface area contributed by atoms with Gasteiger partial charge in [-0.15, -0.1) is 0 Å². The van der Waals surface area contributed by atoms with Crippen molar-refractivity contribution in [3.8, 4) is 17.3 Å². The maximum absolute atomic E-state index is 5.55. The first-order valence-electron chi connectivity index (χ1n) is 7.01. The van der Waals surface area contributed by atoms with Gasteiger partial charge in [-0.3, -0.25) is 0 Å². The number of methoxy groups -OCH3 is 1. The average molecular weight is 295 g/mol. The number of anilines is 1. The van der Waals surface area contributed by atoms with Gasteiger partial charge in [-0.05, 0) is 31.2 Å². The molecule has 3 rings (SSSR count). The molecule has 22 heavy (non-hydrogen) atoms. The molecule has 0 saturated carbocycles. The number of nitrogens with one attached hydrogen (secondary N) is 1. The monoisotopic (exact) mass is 295 g/mol. The molecule has 0 aliphatic heterocycles. The molecular weight excluding hydrogens is 278 g/mol. The molecule has 0 fully saturated rings. The van der Waals surface area contributed by atoms with Crippen LogP contribution in [0.3, 0.4) is 0 Å². The van der Waals surface area contributed by atoms with Crippen LogP contribution in [0.25, 0.3) is 11.5 Å². The third-order valence-electron chi connectivity index (χ3n) is 3.19. The van der Waals surface area contributed by atoms with Gasteiger partial charge in [-0.25, -0.2) is 9.97 Å². The van der Waals surface area contributed by atoms with E-state index in [1.807, 2.05) is 49.4 Å². The highest BCUT2D eigenvalue weighted by Crippen LogP contribution is 2.22. The average Bonchev–Trinajstić information content (AvgIpc) is 3.00. The van der Waals surface area contributed by atoms with Gasteiger partial charge in [0.25, 0.3) is 0 Å². The lowest BCUT2D eigenvalue weighted by molar-refractivity contribution is 0.396. The zero-order chi connectivity index (χ0) is 15.4. The lowest BCUT2D eigenvalue weighted by atomic mass is 10.2. The highest BCUT2D eigenvalue weighted by Gasteiger charge is 2.05. The standard InChI is InChI=1S/C17H17N3O2/c1-12-10-19-17(22-12)13-5-3-6-14(9-13)18-11-15-7-4-8-16(20-15)21-2/h3-10,18H,11H2,1-2H3. The third kappa shape index (κ3) is 3.25. The van der Waals surface area contributed by atoms with E-state index < -0.39 is 0 Å². The minimum absolute atomic E-state index is 0.614. The van der Waals surface area contributed by atoms with Crippen LogP contribution >= 0.6 is 0 Å². The van der Waals surface area contributed by atoms with Crippen LogP contribution in [0.2, 0.25) is 0 Å². The summed E-state index contributed by atoms with van der Waals surface area (Å²) in [6.07, 6.45) is 1.72. The molecule has 0 saturated heterocycles. The Morgan fingerprint density at radius 1 is 1.18 bits per heavy atom. The minimum atomic E-state index is 0.614.